The molecule has 2 aromatic rings. The molecule has 2 rings (SSSR count). The molecule has 1 heterocycles. The zero-order chi connectivity index (χ0) is 12.3. The van der Waals surface area contributed by atoms with Crippen LogP contribution in [0.15, 0.2) is 28.7 Å². The minimum Gasteiger partial charge on any atom is -0.383 e. The lowest BCUT2D eigenvalue weighted by atomic mass is 10.2. The second kappa shape index (κ2) is 5.11. The lowest BCUT2D eigenvalue weighted by molar-refractivity contribution is 0.628. The summed E-state index contributed by atoms with van der Waals surface area (Å²) >= 11 is 7.08. The molecule has 0 spiro atoms. The second-order valence-electron chi connectivity index (χ2n) is 3.09. The molecule has 0 aliphatic rings. The number of nitrogens with zero attached hydrogens (tertiary/aromatic N) is 2. The van der Waals surface area contributed by atoms with E-state index in [9.17, 15) is 4.39 Å². The van der Waals surface area contributed by atoms with Gasteiger partial charge in [-0.3, -0.25) is 5.43 Å². The molecule has 0 saturated carbocycles. The molecule has 0 saturated heterocycles. The van der Waals surface area contributed by atoms with Crippen molar-refractivity contribution in [3.05, 3.63) is 40.0 Å². The maximum atomic E-state index is 13.1. The molecule has 88 valence electrons. The first-order valence-electron chi connectivity index (χ1n) is 4.61. The van der Waals surface area contributed by atoms with E-state index in [1.165, 1.54) is 23.6 Å². The maximum Gasteiger partial charge on any atom is 0.205 e. The van der Waals surface area contributed by atoms with Crippen molar-refractivity contribution in [3.8, 4) is 0 Å². The molecular weight excluding hydrogens is 263 g/mol. The second-order valence-corrected chi connectivity index (χ2v) is 4.33. The van der Waals surface area contributed by atoms with E-state index in [4.69, 9.17) is 17.3 Å². The predicted octanol–water partition coefficient (Wildman–Crippen LogP) is 2.96. The number of hydrazone groups is 1. The van der Waals surface area contributed by atoms with E-state index >= 15 is 0 Å². The maximum absolute atomic E-state index is 13.1. The molecule has 3 N–H and O–H groups in total. The number of benzene rings is 1. The zero-order valence-electron chi connectivity index (χ0n) is 8.52. The van der Waals surface area contributed by atoms with E-state index < -0.39 is 5.82 Å². The molecule has 1 aromatic heterocycles. The molecule has 17 heavy (non-hydrogen) atoms. The van der Waals surface area contributed by atoms with Crippen molar-refractivity contribution in [1.82, 2.24) is 4.98 Å². The number of aromatic nitrogens is 1. The number of nitrogen functional groups attached to an aromatic ring is 1. The average molecular weight is 271 g/mol. The molecule has 7 heteroatoms. The van der Waals surface area contributed by atoms with E-state index in [-0.39, 0.29) is 5.02 Å². The summed E-state index contributed by atoms with van der Waals surface area (Å²) in [5.41, 5.74) is 8.61. The van der Waals surface area contributed by atoms with Crippen molar-refractivity contribution >= 4 is 40.1 Å². The molecule has 0 fully saturated rings. The molecule has 0 aliphatic heterocycles. The van der Waals surface area contributed by atoms with Crippen LogP contribution in [0.2, 0.25) is 5.02 Å². The number of thiazole rings is 1. The molecule has 0 bridgehead atoms. The number of nitrogens with one attached hydrogen (secondary N) is 1. The van der Waals surface area contributed by atoms with Crippen LogP contribution in [0.4, 0.5) is 15.3 Å². The van der Waals surface area contributed by atoms with Crippen LogP contribution in [0.1, 0.15) is 5.56 Å². The molecule has 4 nitrogen and oxygen atoms in total. The van der Waals surface area contributed by atoms with E-state index in [0.717, 1.165) is 0 Å². The minimum atomic E-state index is -0.478. The van der Waals surface area contributed by atoms with Gasteiger partial charge in [0.25, 0.3) is 0 Å². The Balaban J connectivity index is 2.08. The van der Waals surface area contributed by atoms with Gasteiger partial charge in [-0.1, -0.05) is 23.7 Å². The summed E-state index contributed by atoms with van der Waals surface area (Å²) in [6, 6.07) is 4.51. The Morgan fingerprint density at radius 2 is 2.35 bits per heavy atom. The third-order valence-electron chi connectivity index (χ3n) is 1.87. The van der Waals surface area contributed by atoms with E-state index in [1.54, 1.807) is 17.5 Å². The van der Waals surface area contributed by atoms with Crippen LogP contribution < -0.4 is 11.2 Å². The molecule has 0 radical (unpaired) electrons. The smallest absolute Gasteiger partial charge is 0.205 e. The predicted molar refractivity (Wildman–Crippen MR) is 69.2 cm³/mol. The Morgan fingerprint density at radius 1 is 1.53 bits per heavy atom. The van der Waals surface area contributed by atoms with Gasteiger partial charge in [-0.25, -0.2) is 9.37 Å². The van der Waals surface area contributed by atoms with E-state index in [2.05, 4.69) is 15.5 Å². The highest BCUT2D eigenvalue weighted by atomic mass is 35.5. The third-order valence-corrected chi connectivity index (χ3v) is 3.03. The molecule has 0 aliphatic carbocycles. The molecule has 0 atom stereocenters. The Hall–Kier alpha value is -1.66. The normalized spacial score (nSPS) is 10.9. The fraction of sp³-hybridized carbons (Fsp3) is 0. The Labute approximate surface area is 106 Å². The summed E-state index contributed by atoms with van der Waals surface area (Å²) in [6.45, 7) is 0. The lowest BCUT2D eigenvalue weighted by Gasteiger charge is -1.98. The standard InChI is InChI=1S/C10H8ClFN4S/c11-9-6(2-1-3-7(9)12)4-14-16-10-15-8(13)5-17-10/h1-5H,13H2,(H,15,16). The first kappa shape index (κ1) is 11.8. The summed E-state index contributed by atoms with van der Waals surface area (Å²) < 4.78 is 13.1. The van der Waals surface area contributed by atoms with E-state index in [0.29, 0.717) is 16.5 Å². The van der Waals surface area contributed by atoms with Crippen LogP contribution >= 0.6 is 22.9 Å². The van der Waals surface area contributed by atoms with Crippen LogP contribution in [0.25, 0.3) is 0 Å². The zero-order valence-corrected chi connectivity index (χ0v) is 10.1. The molecule has 0 unspecified atom stereocenters. The number of halogens is 2. The summed E-state index contributed by atoms with van der Waals surface area (Å²) in [5, 5.41) is 6.18. The van der Waals surface area contributed by atoms with Crippen molar-refractivity contribution in [2.24, 2.45) is 5.10 Å². The minimum absolute atomic E-state index is 0.0386. The number of anilines is 2. The van der Waals surface area contributed by atoms with Crippen LogP contribution in [-0.2, 0) is 0 Å². The fourth-order valence-electron chi connectivity index (χ4n) is 1.11. The van der Waals surface area contributed by atoms with E-state index in [1.807, 2.05) is 0 Å². The number of hydrogen-bond donors (Lipinski definition) is 2. The van der Waals surface area contributed by atoms with Gasteiger partial charge < -0.3 is 5.73 Å². The third kappa shape index (κ3) is 2.92. The first-order chi connectivity index (χ1) is 8.16. The highest BCUT2D eigenvalue weighted by Crippen LogP contribution is 2.19. The van der Waals surface area contributed by atoms with Gasteiger partial charge in [0.15, 0.2) is 0 Å². The Bertz CT molecular complexity index is 555. The summed E-state index contributed by atoms with van der Waals surface area (Å²) in [7, 11) is 0. The van der Waals surface area contributed by atoms with Crippen molar-refractivity contribution in [1.29, 1.82) is 0 Å². The first-order valence-corrected chi connectivity index (χ1v) is 5.86. The van der Waals surface area contributed by atoms with Crippen molar-refractivity contribution < 1.29 is 4.39 Å². The van der Waals surface area contributed by atoms with Crippen molar-refractivity contribution in [2.75, 3.05) is 11.2 Å². The summed E-state index contributed by atoms with van der Waals surface area (Å²) in [4.78, 5) is 3.95. The van der Waals surface area contributed by atoms with Crippen LogP contribution in [0.3, 0.4) is 0 Å². The molecule has 1 aromatic carbocycles. The summed E-state index contributed by atoms with van der Waals surface area (Å²) in [5.74, 6) is -0.0504. The number of rotatable bonds is 3. The van der Waals surface area contributed by atoms with Crippen molar-refractivity contribution in [3.63, 3.8) is 0 Å². The molecule has 0 amide bonds. The van der Waals surface area contributed by atoms with Crippen LogP contribution in [0, 0.1) is 5.82 Å². The fourth-order valence-corrected chi connectivity index (χ4v) is 1.84. The van der Waals surface area contributed by atoms with Gasteiger partial charge in [-0.15, -0.1) is 11.3 Å². The monoisotopic (exact) mass is 270 g/mol. The van der Waals surface area contributed by atoms with Gasteiger partial charge in [-0.05, 0) is 6.07 Å². The largest absolute Gasteiger partial charge is 0.383 e. The SMILES string of the molecule is Nc1csc(NN=Cc2cccc(F)c2Cl)n1. The van der Waals surface area contributed by atoms with Gasteiger partial charge in [0, 0.05) is 10.9 Å². The van der Waals surface area contributed by atoms with Gasteiger partial charge >= 0.3 is 0 Å². The Kier molecular flexibility index (Phi) is 3.55. The van der Waals surface area contributed by atoms with Crippen LogP contribution in [0.5, 0.6) is 0 Å². The Morgan fingerprint density at radius 3 is 3.06 bits per heavy atom. The quantitative estimate of drug-likeness (QED) is 0.666. The van der Waals surface area contributed by atoms with Gasteiger partial charge in [0.1, 0.15) is 11.6 Å². The van der Waals surface area contributed by atoms with Gasteiger partial charge in [0.2, 0.25) is 5.13 Å². The van der Waals surface area contributed by atoms with Crippen LogP contribution in [-0.4, -0.2) is 11.2 Å². The number of hydrogen-bond acceptors (Lipinski definition) is 5. The number of nitrogens with two attached hydrogens (primary N) is 1. The highest BCUT2D eigenvalue weighted by Gasteiger charge is 2.02. The average Bonchev–Trinajstić information content (AvgIpc) is 2.70. The highest BCUT2D eigenvalue weighted by molar-refractivity contribution is 7.14. The van der Waals surface area contributed by atoms with Gasteiger partial charge in [0.05, 0.1) is 11.2 Å². The van der Waals surface area contributed by atoms with Gasteiger partial charge in [-0.2, -0.15) is 5.10 Å². The summed E-state index contributed by atoms with van der Waals surface area (Å²) in [6.07, 6.45) is 1.42. The molecular formula is C10H8ClFN4S. The van der Waals surface area contributed by atoms with Crippen molar-refractivity contribution in [2.45, 2.75) is 0 Å². The lowest BCUT2D eigenvalue weighted by Crippen LogP contribution is -1.92. The topological polar surface area (TPSA) is 63.3 Å².